The van der Waals surface area contributed by atoms with Crippen LogP contribution in [0.25, 0.3) is 65.3 Å². The van der Waals surface area contributed by atoms with Gasteiger partial charge in [-0.2, -0.15) is 11.8 Å². The molecule has 3 heterocycles. The summed E-state index contributed by atoms with van der Waals surface area (Å²) in [5.41, 5.74) is 14.6. The van der Waals surface area contributed by atoms with Gasteiger partial charge >= 0.3 is 0 Å². The van der Waals surface area contributed by atoms with Gasteiger partial charge in [0.2, 0.25) is 0 Å². The molecule has 3 fully saturated rings. The Bertz CT molecular complexity index is 4470. The lowest BCUT2D eigenvalue weighted by atomic mass is 9.67. The fraction of sp³-hybridized carbons (Fsp3) is 0.147. The summed E-state index contributed by atoms with van der Waals surface area (Å²) in [7, 11) is 0. The highest BCUT2D eigenvalue weighted by Crippen LogP contribution is 2.59. The summed E-state index contributed by atoms with van der Waals surface area (Å²) in [5.74, 6) is 5.98. The quantitative estimate of drug-likeness (QED) is 0.100. The molecule has 12 aromatic rings. The molecule has 82 heavy (non-hydrogen) atoms. The normalized spacial score (nSPS) is 19.2. The van der Waals surface area contributed by atoms with Gasteiger partial charge in [0.05, 0.1) is 16.1 Å². The van der Waals surface area contributed by atoms with Crippen LogP contribution in [0.15, 0.2) is 243 Å². The van der Waals surface area contributed by atoms with E-state index < -0.39 is 10.8 Å². The third-order valence-electron chi connectivity index (χ3n) is 17.8. The van der Waals surface area contributed by atoms with E-state index in [1.807, 2.05) is 35.3 Å². The monoisotopic (exact) mass is 1110 g/mol. The molecule has 3 aliphatic heterocycles. The van der Waals surface area contributed by atoms with Crippen molar-refractivity contribution in [1.29, 1.82) is 0 Å². The smallest absolute Gasteiger partial charge is 0.160 e. The Balaban J connectivity index is 0.624. The van der Waals surface area contributed by atoms with E-state index in [4.69, 9.17) is 18.9 Å². The Hall–Kier alpha value is -8.07. The van der Waals surface area contributed by atoms with E-state index in [1.54, 1.807) is 0 Å². The molecule has 5 aliphatic rings. The summed E-state index contributed by atoms with van der Waals surface area (Å²) in [6.45, 7) is 1.34. The van der Waals surface area contributed by atoms with E-state index in [0.29, 0.717) is 11.9 Å². The van der Waals surface area contributed by atoms with E-state index in [1.165, 1.54) is 111 Å². The highest BCUT2D eigenvalue weighted by atomic mass is 32.2. The first-order valence-electron chi connectivity index (χ1n) is 28.6. The second-order valence-corrected chi connectivity index (χ2v) is 26.5. The molecule has 4 unspecified atom stereocenters. The number of ether oxygens (including phenoxy) is 4. The van der Waals surface area contributed by atoms with Crippen molar-refractivity contribution >= 4 is 78.4 Å². The minimum absolute atomic E-state index is 0.0209. The van der Waals surface area contributed by atoms with Crippen LogP contribution in [0.5, 0.6) is 23.0 Å². The van der Waals surface area contributed by atoms with Gasteiger partial charge < -0.3 is 18.9 Å². The third-order valence-corrected chi connectivity index (χ3v) is 21.1. The minimum Gasteiger partial charge on any atom is -0.492 e. The Labute approximate surface area is 489 Å². The van der Waals surface area contributed by atoms with Crippen LogP contribution < -0.4 is 18.9 Å². The van der Waals surface area contributed by atoms with E-state index in [2.05, 4.69) is 243 Å². The van der Waals surface area contributed by atoms with Crippen LogP contribution in [-0.4, -0.2) is 46.1 Å². The molecule has 2 aliphatic carbocycles. The molecule has 396 valence electrons. The zero-order chi connectivity index (χ0) is 53.9. The zero-order valence-electron chi connectivity index (χ0n) is 44.8. The summed E-state index contributed by atoms with van der Waals surface area (Å²) >= 11 is 5.66. The van der Waals surface area contributed by atoms with Crippen LogP contribution in [0.1, 0.15) is 50.9 Å². The third kappa shape index (κ3) is 7.98. The predicted molar refractivity (Wildman–Crippen MR) is 342 cm³/mol. The molecule has 17 rings (SSSR count). The summed E-state index contributed by atoms with van der Waals surface area (Å²) in [5, 5.41) is 10.3. The summed E-state index contributed by atoms with van der Waals surface area (Å²) in [4.78, 5) is 0. The Kier molecular flexibility index (Phi) is 11.4. The van der Waals surface area contributed by atoms with Gasteiger partial charge in [-0.05, 0) is 183 Å². The van der Waals surface area contributed by atoms with Crippen molar-refractivity contribution in [2.45, 2.75) is 38.6 Å². The molecule has 0 N–H and O–H groups in total. The van der Waals surface area contributed by atoms with Gasteiger partial charge in [0, 0.05) is 23.2 Å². The van der Waals surface area contributed by atoms with Gasteiger partial charge in [0.25, 0.3) is 0 Å². The van der Waals surface area contributed by atoms with E-state index in [-0.39, 0.29) is 16.1 Å². The van der Waals surface area contributed by atoms with E-state index in [0.717, 1.165) is 46.8 Å². The average molecular weight is 1120 g/mol. The standard InChI is InChI=1S/C75H54O4S3/c1-5-13-67-63(9-1)64-10-2-6-14-68(64)74(67,56-27-19-52-41-60(31-23-48(52)37-56)78-72-33-34-80-72)55-26-18-51-40-59(30-22-47(51)36-55)77-44-71-73(82-71)79-61-32-24-49-38-57(28-20-53(49)42-61)75(69-15-7-3-11-65(69)66-12-4-8-16-70(66)75)54-25-17-50-39-58(29-21-46(50)35-54)76-43-62-45-81-62/h1-32,35-42,62,71-73H,33-34,43-45H2. The van der Waals surface area contributed by atoms with Gasteiger partial charge in [-0.1, -0.05) is 170 Å². The van der Waals surface area contributed by atoms with Crippen molar-refractivity contribution in [2.24, 2.45) is 0 Å². The van der Waals surface area contributed by atoms with Gasteiger partial charge in [0.1, 0.15) is 41.6 Å². The van der Waals surface area contributed by atoms with Crippen LogP contribution in [0.3, 0.4) is 0 Å². The number of benzene rings is 12. The molecular formula is C75H54O4S3. The first kappa shape index (κ1) is 48.6. The second kappa shape index (κ2) is 19.3. The van der Waals surface area contributed by atoms with Crippen molar-refractivity contribution in [3.8, 4) is 45.3 Å². The molecule has 4 atom stereocenters. The zero-order valence-corrected chi connectivity index (χ0v) is 47.2. The first-order valence-corrected chi connectivity index (χ1v) is 31.6. The number of hydrogen-bond acceptors (Lipinski definition) is 7. The maximum atomic E-state index is 6.67. The minimum atomic E-state index is -0.513. The maximum Gasteiger partial charge on any atom is 0.160 e. The highest BCUT2D eigenvalue weighted by molar-refractivity contribution is 8.07. The molecule has 0 amide bonds. The van der Waals surface area contributed by atoms with Crippen molar-refractivity contribution in [1.82, 2.24) is 0 Å². The SMILES string of the molecule is c1ccc2c(c1)-c1ccccc1C2(c1ccc2cc(OCC3SC3Oc3ccc4cc(C5(c6ccc7cc(OCC8CS8)ccc7c6)c6ccccc6-c6ccccc65)ccc4c3)ccc2c1)c1ccc2cc(OC3CCS3)ccc2c1. The molecular weight excluding hydrogens is 1060 g/mol. The fourth-order valence-corrected chi connectivity index (χ4v) is 15.4. The molecule has 7 heteroatoms. The van der Waals surface area contributed by atoms with Crippen LogP contribution in [0.4, 0.5) is 0 Å². The van der Waals surface area contributed by atoms with Gasteiger partial charge in [-0.15, -0.1) is 23.5 Å². The molecule has 12 aromatic carbocycles. The average Bonchev–Trinajstić information content (AvgIpc) is 3.08. The van der Waals surface area contributed by atoms with Crippen molar-refractivity contribution in [3.05, 3.63) is 287 Å². The van der Waals surface area contributed by atoms with E-state index in [9.17, 15) is 0 Å². The Morgan fingerprint density at radius 1 is 0.354 bits per heavy atom. The molecule has 0 aromatic heterocycles. The lowest BCUT2D eigenvalue weighted by Crippen LogP contribution is -2.28. The van der Waals surface area contributed by atoms with Crippen molar-refractivity contribution in [2.75, 3.05) is 24.7 Å². The molecule has 0 bridgehead atoms. The summed E-state index contributed by atoms with van der Waals surface area (Å²) < 4.78 is 25.7. The number of hydrogen-bond donors (Lipinski definition) is 0. The van der Waals surface area contributed by atoms with E-state index >= 15 is 0 Å². The van der Waals surface area contributed by atoms with Crippen LogP contribution in [0.2, 0.25) is 0 Å². The Morgan fingerprint density at radius 2 is 0.695 bits per heavy atom. The van der Waals surface area contributed by atoms with Gasteiger partial charge in [0.15, 0.2) is 5.44 Å². The summed E-state index contributed by atoms with van der Waals surface area (Å²) in [6.07, 6.45) is 1.11. The second-order valence-electron chi connectivity index (χ2n) is 22.5. The molecule has 0 radical (unpaired) electrons. The van der Waals surface area contributed by atoms with Crippen LogP contribution in [0, 0.1) is 0 Å². The topological polar surface area (TPSA) is 36.9 Å². The number of rotatable bonds is 14. The fourth-order valence-electron chi connectivity index (χ4n) is 13.7. The highest BCUT2D eigenvalue weighted by Gasteiger charge is 2.48. The van der Waals surface area contributed by atoms with Gasteiger partial charge in [-0.25, -0.2) is 0 Å². The van der Waals surface area contributed by atoms with Crippen molar-refractivity contribution < 1.29 is 18.9 Å². The molecule has 0 saturated carbocycles. The van der Waals surface area contributed by atoms with Crippen LogP contribution >= 0.6 is 35.3 Å². The Morgan fingerprint density at radius 3 is 1.09 bits per heavy atom. The first-order chi connectivity index (χ1) is 40.5. The van der Waals surface area contributed by atoms with Crippen molar-refractivity contribution in [3.63, 3.8) is 0 Å². The molecule has 4 nitrogen and oxygen atoms in total. The maximum absolute atomic E-state index is 6.67. The summed E-state index contributed by atoms with van der Waals surface area (Å²) in [6, 6.07) is 90.2. The number of thioether (sulfide) groups is 3. The predicted octanol–water partition coefficient (Wildman–Crippen LogP) is 18.3. The lowest BCUT2D eigenvalue weighted by Gasteiger charge is -2.34. The molecule has 3 saturated heterocycles. The largest absolute Gasteiger partial charge is 0.492 e. The lowest BCUT2D eigenvalue weighted by molar-refractivity contribution is 0.263. The number of fused-ring (bicyclic) bond motifs is 10. The van der Waals surface area contributed by atoms with Gasteiger partial charge in [-0.3, -0.25) is 0 Å². The van der Waals surface area contributed by atoms with Crippen LogP contribution in [-0.2, 0) is 10.8 Å². The molecule has 0 spiro atoms.